The molecule has 3 aromatic rings. The van der Waals surface area contributed by atoms with Gasteiger partial charge in [-0.2, -0.15) is 5.10 Å². The molecule has 2 aromatic heterocycles. The number of hydrogen-bond donors (Lipinski definition) is 0. The maximum atomic E-state index is 13.7. The summed E-state index contributed by atoms with van der Waals surface area (Å²) in [6.07, 6.45) is 3.29. The number of methoxy groups -OCH3 is 1. The van der Waals surface area contributed by atoms with E-state index in [1.165, 1.54) is 6.07 Å². The SMILES string of the molecule is COc1cnc(N2CCN(C(=O)Cn3nc(-c4ccc(F)c(C)c4)cc3C(C)C)CC2)nc1. The van der Waals surface area contributed by atoms with Crippen LogP contribution in [0.1, 0.15) is 31.0 Å². The maximum absolute atomic E-state index is 13.7. The first kappa shape index (κ1) is 22.7. The fourth-order valence-electron chi connectivity index (χ4n) is 3.93. The molecule has 1 saturated heterocycles. The second-order valence-corrected chi connectivity index (χ2v) is 8.52. The Morgan fingerprint density at radius 2 is 1.82 bits per heavy atom. The molecule has 0 saturated carbocycles. The summed E-state index contributed by atoms with van der Waals surface area (Å²) in [5, 5.41) is 4.69. The van der Waals surface area contributed by atoms with E-state index in [-0.39, 0.29) is 24.2 Å². The van der Waals surface area contributed by atoms with Gasteiger partial charge in [0.2, 0.25) is 11.9 Å². The minimum Gasteiger partial charge on any atom is -0.494 e. The van der Waals surface area contributed by atoms with Gasteiger partial charge in [-0.3, -0.25) is 9.48 Å². The van der Waals surface area contributed by atoms with Crippen LogP contribution in [0, 0.1) is 12.7 Å². The smallest absolute Gasteiger partial charge is 0.244 e. The number of benzene rings is 1. The molecule has 9 heteroatoms. The zero-order valence-corrected chi connectivity index (χ0v) is 19.5. The van der Waals surface area contributed by atoms with Crippen molar-refractivity contribution in [2.24, 2.45) is 0 Å². The average Bonchev–Trinajstić information content (AvgIpc) is 3.25. The highest BCUT2D eigenvalue weighted by molar-refractivity contribution is 5.76. The van der Waals surface area contributed by atoms with E-state index in [1.807, 2.05) is 11.0 Å². The van der Waals surface area contributed by atoms with Crippen molar-refractivity contribution in [1.82, 2.24) is 24.6 Å². The number of anilines is 1. The molecule has 0 aliphatic carbocycles. The van der Waals surface area contributed by atoms with Crippen LogP contribution in [0.3, 0.4) is 0 Å². The van der Waals surface area contributed by atoms with E-state index in [4.69, 9.17) is 9.84 Å². The van der Waals surface area contributed by atoms with E-state index in [0.29, 0.717) is 43.4 Å². The number of ether oxygens (including phenoxy) is 1. The van der Waals surface area contributed by atoms with E-state index < -0.39 is 0 Å². The van der Waals surface area contributed by atoms with Crippen molar-refractivity contribution < 1.29 is 13.9 Å². The van der Waals surface area contributed by atoms with Crippen molar-refractivity contribution in [3.05, 3.63) is 53.7 Å². The molecule has 0 N–H and O–H groups in total. The van der Waals surface area contributed by atoms with Crippen molar-refractivity contribution in [2.75, 3.05) is 38.2 Å². The molecule has 1 fully saturated rings. The van der Waals surface area contributed by atoms with Gasteiger partial charge in [0.15, 0.2) is 5.75 Å². The number of carbonyl (C=O) groups is 1. The molecule has 1 aliphatic rings. The van der Waals surface area contributed by atoms with Crippen molar-refractivity contribution in [2.45, 2.75) is 33.2 Å². The Hall–Kier alpha value is -3.49. The van der Waals surface area contributed by atoms with Crippen LogP contribution in [-0.2, 0) is 11.3 Å². The first-order chi connectivity index (χ1) is 15.9. The highest BCUT2D eigenvalue weighted by Crippen LogP contribution is 2.25. The van der Waals surface area contributed by atoms with E-state index in [1.54, 1.807) is 43.2 Å². The Morgan fingerprint density at radius 3 is 2.42 bits per heavy atom. The van der Waals surface area contributed by atoms with Gasteiger partial charge in [0.1, 0.15) is 12.4 Å². The number of amides is 1. The molecule has 1 aliphatic heterocycles. The largest absolute Gasteiger partial charge is 0.494 e. The second-order valence-electron chi connectivity index (χ2n) is 8.52. The number of piperazine rings is 1. The summed E-state index contributed by atoms with van der Waals surface area (Å²) in [6, 6.07) is 6.95. The second kappa shape index (κ2) is 9.56. The Kier molecular flexibility index (Phi) is 6.57. The molecule has 0 radical (unpaired) electrons. The summed E-state index contributed by atoms with van der Waals surface area (Å²) < 4.78 is 20.6. The minimum absolute atomic E-state index is 0.0251. The van der Waals surface area contributed by atoms with Gasteiger partial charge in [0.05, 0.1) is 25.2 Å². The highest BCUT2D eigenvalue weighted by Gasteiger charge is 2.24. The summed E-state index contributed by atoms with van der Waals surface area (Å²) in [4.78, 5) is 25.6. The third-order valence-electron chi connectivity index (χ3n) is 5.91. The number of halogens is 1. The van der Waals surface area contributed by atoms with Crippen LogP contribution >= 0.6 is 0 Å². The van der Waals surface area contributed by atoms with Gasteiger partial charge in [-0.05, 0) is 42.7 Å². The van der Waals surface area contributed by atoms with Crippen LogP contribution in [0.4, 0.5) is 10.3 Å². The number of carbonyl (C=O) groups excluding carboxylic acids is 1. The van der Waals surface area contributed by atoms with Crippen LogP contribution in [0.5, 0.6) is 5.75 Å². The molecule has 0 bridgehead atoms. The van der Waals surface area contributed by atoms with Crippen LogP contribution < -0.4 is 9.64 Å². The molecule has 174 valence electrons. The molecule has 3 heterocycles. The van der Waals surface area contributed by atoms with Crippen LogP contribution in [0.15, 0.2) is 36.7 Å². The molecule has 8 nitrogen and oxygen atoms in total. The number of rotatable bonds is 6. The van der Waals surface area contributed by atoms with Crippen molar-refractivity contribution in [3.8, 4) is 17.0 Å². The third-order valence-corrected chi connectivity index (χ3v) is 5.91. The van der Waals surface area contributed by atoms with E-state index in [2.05, 4.69) is 28.7 Å². The molecule has 0 atom stereocenters. The first-order valence-corrected chi connectivity index (χ1v) is 11.1. The fourth-order valence-corrected chi connectivity index (χ4v) is 3.93. The molecule has 0 spiro atoms. The summed E-state index contributed by atoms with van der Waals surface area (Å²) in [5.41, 5.74) is 3.14. The Balaban J connectivity index is 1.43. The summed E-state index contributed by atoms with van der Waals surface area (Å²) >= 11 is 0. The topological polar surface area (TPSA) is 76.4 Å². The molecule has 0 unspecified atom stereocenters. The van der Waals surface area contributed by atoms with Crippen LogP contribution in [0.2, 0.25) is 0 Å². The van der Waals surface area contributed by atoms with E-state index in [0.717, 1.165) is 17.0 Å². The van der Waals surface area contributed by atoms with Gasteiger partial charge in [-0.1, -0.05) is 13.8 Å². The van der Waals surface area contributed by atoms with Crippen LogP contribution in [-0.4, -0.2) is 63.8 Å². The lowest BCUT2D eigenvalue weighted by Crippen LogP contribution is -2.50. The standard InChI is InChI=1S/C24H29FN6O2/c1-16(2)22-12-21(18-5-6-20(25)17(3)11-18)28-31(22)15-23(32)29-7-9-30(10-8-29)24-26-13-19(33-4)14-27-24/h5-6,11-14,16H,7-10,15H2,1-4H3. The summed E-state index contributed by atoms with van der Waals surface area (Å²) in [6.45, 7) is 8.57. The summed E-state index contributed by atoms with van der Waals surface area (Å²) in [5.74, 6) is 1.23. The van der Waals surface area contributed by atoms with Gasteiger partial charge in [0.25, 0.3) is 0 Å². The molecular formula is C24H29FN6O2. The minimum atomic E-state index is -0.239. The fraction of sp³-hybridized carbons (Fsp3) is 0.417. The number of nitrogens with zero attached hydrogens (tertiary/aromatic N) is 6. The van der Waals surface area contributed by atoms with Crippen LogP contribution in [0.25, 0.3) is 11.3 Å². The monoisotopic (exact) mass is 452 g/mol. The quantitative estimate of drug-likeness (QED) is 0.571. The number of aromatic nitrogens is 4. The predicted octanol–water partition coefficient (Wildman–Crippen LogP) is 3.27. The van der Waals surface area contributed by atoms with E-state index in [9.17, 15) is 9.18 Å². The lowest BCUT2D eigenvalue weighted by Gasteiger charge is -2.34. The summed E-state index contributed by atoms with van der Waals surface area (Å²) in [7, 11) is 1.58. The molecular weight excluding hydrogens is 423 g/mol. The van der Waals surface area contributed by atoms with Gasteiger partial charge < -0.3 is 14.5 Å². The average molecular weight is 453 g/mol. The normalized spacial score (nSPS) is 14.1. The first-order valence-electron chi connectivity index (χ1n) is 11.1. The predicted molar refractivity (Wildman–Crippen MR) is 124 cm³/mol. The van der Waals surface area contributed by atoms with Crippen molar-refractivity contribution in [3.63, 3.8) is 0 Å². The molecule has 4 rings (SSSR count). The molecule has 33 heavy (non-hydrogen) atoms. The van der Waals surface area contributed by atoms with E-state index >= 15 is 0 Å². The van der Waals surface area contributed by atoms with Crippen molar-refractivity contribution in [1.29, 1.82) is 0 Å². The number of aryl methyl sites for hydroxylation is 1. The third kappa shape index (κ3) is 4.97. The molecule has 1 aromatic carbocycles. The lowest BCUT2D eigenvalue weighted by atomic mass is 10.1. The van der Waals surface area contributed by atoms with Gasteiger partial charge in [-0.25, -0.2) is 14.4 Å². The Labute approximate surface area is 193 Å². The highest BCUT2D eigenvalue weighted by atomic mass is 19.1. The number of hydrogen-bond acceptors (Lipinski definition) is 6. The van der Waals surface area contributed by atoms with Gasteiger partial charge >= 0.3 is 0 Å². The maximum Gasteiger partial charge on any atom is 0.244 e. The zero-order chi connectivity index (χ0) is 23.5. The zero-order valence-electron chi connectivity index (χ0n) is 19.5. The van der Waals surface area contributed by atoms with Crippen molar-refractivity contribution >= 4 is 11.9 Å². The lowest BCUT2D eigenvalue weighted by molar-refractivity contribution is -0.132. The van der Waals surface area contributed by atoms with Gasteiger partial charge in [0, 0.05) is 37.4 Å². The molecule has 1 amide bonds. The Morgan fingerprint density at radius 1 is 1.12 bits per heavy atom. The van der Waals surface area contributed by atoms with Gasteiger partial charge in [-0.15, -0.1) is 0 Å². The Bertz CT molecular complexity index is 1120.